The van der Waals surface area contributed by atoms with Crippen molar-refractivity contribution in [3.8, 4) is 0 Å². The van der Waals surface area contributed by atoms with E-state index < -0.39 is 14.0 Å². The van der Waals surface area contributed by atoms with Crippen LogP contribution in [-0.2, 0) is 4.43 Å². The number of piperazine rings is 1. The predicted molar refractivity (Wildman–Crippen MR) is 89.8 cm³/mol. The number of para-hydroxylation sites is 1. The molecular weight excluding hydrogens is 292 g/mol. The summed E-state index contributed by atoms with van der Waals surface area (Å²) < 4.78 is 6.78. The second-order valence-electron chi connectivity index (χ2n) is 8.27. The van der Waals surface area contributed by atoms with Crippen LogP contribution >= 0.6 is 0 Å². The summed E-state index contributed by atoms with van der Waals surface area (Å²) >= 11 is 0. The standard InChI is InChI=1S/C17H24N2O2Si/c1-16(2,3)22(4,5)21-17-14-12(18-14)10-19(17)13-9-7-6-8-11(13)15(17)20/h6-9,12,14,18H,10H2,1-5H3. The minimum absolute atomic E-state index is 0.0788. The molecule has 0 saturated carbocycles. The molecule has 3 heterocycles. The fourth-order valence-electron chi connectivity index (χ4n) is 3.56. The van der Waals surface area contributed by atoms with Gasteiger partial charge in [0, 0.05) is 18.2 Å². The molecule has 5 heteroatoms. The zero-order valence-electron chi connectivity index (χ0n) is 13.9. The van der Waals surface area contributed by atoms with Gasteiger partial charge in [-0.3, -0.25) is 4.79 Å². The summed E-state index contributed by atoms with van der Waals surface area (Å²) in [6.45, 7) is 12.0. The van der Waals surface area contributed by atoms with Crippen molar-refractivity contribution in [1.29, 1.82) is 0 Å². The van der Waals surface area contributed by atoms with Crippen LogP contribution in [0, 0.1) is 0 Å². The summed E-state index contributed by atoms with van der Waals surface area (Å²) in [5.74, 6) is 0.144. The van der Waals surface area contributed by atoms with Gasteiger partial charge in [-0.15, -0.1) is 0 Å². The van der Waals surface area contributed by atoms with Gasteiger partial charge in [0.1, 0.15) is 0 Å². The zero-order chi connectivity index (χ0) is 15.9. The number of Topliss-reactive ketones (excluding diaryl/α,β-unsaturated/α-hetero) is 1. The van der Waals surface area contributed by atoms with Crippen molar-refractivity contribution in [3.05, 3.63) is 29.8 Å². The number of carbonyl (C=O) groups is 1. The van der Waals surface area contributed by atoms with Crippen molar-refractivity contribution < 1.29 is 9.22 Å². The van der Waals surface area contributed by atoms with Crippen molar-refractivity contribution in [2.24, 2.45) is 0 Å². The van der Waals surface area contributed by atoms with E-state index in [1.54, 1.807) is 0 Å². The average molecular weight is 316 g/mol. The summed E-state index contributed by atoms with van der Waals surface area (Å²) in [5.41, 5.74) is 1.05. The third-order valence-electron chi connectivity index (χ3n) is 5.87. The van der Waals surface area contributed by atoms with E-state index >= 15 is 0 Å². The summed E-state index contributed by atoms with van der Waals surface area (Å²) in [7, 11) is -2.06. The van der Waals surface area contributed by atoms with E-state index in [-0.39, 0.29) is 16.9 Å². The molecule has 1 aromatic rings. The number of nitrogens with zero attached hydrogens (tertiary/aromatic N) is 1. The normalized spacial score (nSPS) is 32.8. The highest BCUT2D eigenvalue weighted by molar-refractivity contribution is 6.74. The first-order valence-corrected chi connectivity index (χ1v) is 11.0. The Labute approximate surface area is 133 Å². The van der Waals surface area contributed by atoms with E-state index in [1.807, 2.05) is 18.2 Å². The van der Waals surface area contributed by atoms with E-state index in [9.17, 15) is 4.79 Å². The molecule has 0 aromatic heterocycles. The molecule has 0 radical (unpaired) electrons. The Morgan fingerprint density at radius 3 is 2.68 bits per heavy atom. The number of benzene rings is 1. The van der Waals surface area contributed by atoms with Crippen molar-refractivity contribution in [3.63, 3.8) is 0 Å². The van der Waals surface area contributed by atoms with E-state index in [0.717, 1.165) is 17.8 Å². The van der Waals surface area contributed by atoms with Crippen LogP contribution in [0.1, 0.15) is 31.1 Å². The zero-order valence-corrected chi connectivity index (χ0v) is 14.9. The minimum Gasteiger partial charge on any atom is -0.388 e. The van der Waals surface area contributed by atoms with Crippen molar-refractivity contribution in [1.82, 2.24) is 5.32 Å². The van der Waals surface area contributed by atoms with Crippen LogP contribution in [0.15, 0.2) is 24.3 Å². The smallest absolute Gasteiger partial charge is 0.218 e. The van der Waals surface area contributed by atoms with Gasteiger partial charge in [-0.05, 0) is 30.3 Å². The Morgan fingerprint density at radius 2 is 2.00 bits per heavy atom. The Balaban J connectivity index is 1.81. The molecule has 1 aromatic carbocycles. The number of ketones is 1. The van der Waals surface area contributed by atoms with Crippen LogP contribution in [0.5, 0.6) is 0 Å². The van der Waals surface area contributed by atoms with Crippen LogP contribution in [0.3, 0.4) is 0 Å². The molecule has 118 valence electrons. The number of rotatable bonds is 2. The predicted octanol–water partition coefficient (Wildman–Crippen LogP) is 2.76. The van der Waals surface area contributed by atoms with E-state index in [1.165, 1.54) is 0 Å². The first kappa shape index (κ1) is 14.4. The highest BCUT2D eigenvalue weighted by atomic mass is 28.4. The summed E-state index contributed by atoms with van der Waals surface area (Å²) in [4.78, 5) is 15.5. The van der Waals surface area contributed by atoms with Gasteiger partial charge < -0.3 is 14.6 Å². The molecule has 22 heavy (non-hydrogen) atoms. The van der Waals surface area contributed by atoms with Crippen molar-refractivity contribution >= 4 is 19.8 Å². The number of hydrogen-bond acceptors (Lipinski definition) is 4. The molecule has 0 spiro atoms. The van der Waals surface area contributed by atoms with Gasteiger partial charge >= 0.3 is 0 Å². The minimum atomic E-state index is -2.06. The van der Waals surface area contributed by atoms with Gasteiger partial charge in [0.2, 0.25) is 11.5 Å². The first-order chi connectivity index (χ1) is 10.2. The lowest BCUT2D eigenvalue weighted by Crippen LogP contribution is -2.62. The van der Waals surface area contributed by atoms with Crippen molar-refractivity contribution in [2.75, 3.05) is 11.4 Å². The van der Waals surface area contributed by atoms with E-state index in [0.29, 0.717) is 6.04 Å². The molecule has 0 bridgehead atoms. The molecule has 2 fully saturated rings. The molecule has 0 aliphatic carbocycles. The molecule has 1 N–H and O–H groups in total. The van der Waals surface area contributed by atoms with Crippen LogP contribution < -0.4 is 10.2 Å². The summed E-state index contributed by atoms with van der Waals surface area (Å²) in [6.07, 6.45) is 0. The number of carbonyl (C=O) groups excluding carboxylic acids is 1. The fraction of sp³-hybridized carbons (Fsp3) is 0.588. The van der Waals surface area contributed by atoms with Gasteiger partial charge in [-0.25, -0.2) is 0 Å². The van der Waals surface area contributed by atoms with Crippen LogP contribution in [0.2, 0.25) is 18.1 Å². The Kier molecular flexibility index (Phi) is 2.63. The third-order valence-corrected chi connectivity index (χ3v) is 10.3. The van der Waals surface area contributed by atoms with Crippen molar-refractivity contribution in [2.45, 2.75) is 56.7 Å². The van der Waals surface area contributed by atoms with E-state index in [2.05, 4.69) is 50.1 Å². The molecule has 4 nitrogen and oxygen atoms in total. The van der Waals surface area contributed by atoms with Gasteiger partial charge in [-0.2, -0.15) is 0 Å². The maximum absolute atomic E-state index is 13.3. The number of nitrogens with one attached hydrogen (secondary N) is 1. The highest BCUT2D eigenvalue weighted by Crippen LogP contribution is 2.53. The second-order valence-corrected chi connectivity index (χ2v) is 13.0. The largest absolute Gasteiger partial charge is 0.388 e. The lowest BCUT2D eigenvalue weighted by atomic mass is 10.0. The average Bonchev–Trinajstić information content (AvgIpc) is 3.08. The first-order valence-electron chi connectivity index (χ1n) is 8.06. The molecule has 3 atom stereocenters. The Morgan fingerprint density at radius 1 is 1.32 bits per heavy atom. The van der Waals surface area contributed by atoms with Gasteiger partial charge in [0.15, 0.2) is 8.32 Å². The quantitative estimate of drug-likeness (QED) is 0.673. The van der Waals surface area contributed by atoms with Crippen LogP contribution in [0.4, 0.5) is 5.69 Å². The Hall–Kier alpha value is -1.17. The highest BCUT2D eigenvalue weighted by Gasteiger charge is 2.72. The SMILES string of the molecule is CC(C)(C)[Si](C)(C)OC12C(=O)c3ccccc3N1CC1NC12. The number of hydrogen-bond donors (Lipinski definition) is 1. The van der Waals surface area contributed by atoms with Gasteiger partial charge in [0.05, 0.1) is 11.7 Å². The van der Waals surface area contributed by atoms with Crippen LogP contribution in [-0.4, -0.2) is 38.5 Å². The molecule has 3 unspecified atom stereocenters. The number of anilines is 1. The molecule has 2 saturated heterocycles. The lowest BCUT2D eigenvalue weighted by Gasteiger charge is -2.45. The maximum atomic E-state index is 13.3. The maximum Gasteiger partial charge on any atom is 0.218 e. The third kappa shape index (κ3) is 1.62. The molecular formula is C17H24N2O2Si. The molecule has 3 aliphatic rings. The van der Waals surface area contributed by atoms with Gasteiger partial charge in [-0.1, -0.05) is 32.9 Å². The molecule has 3 aliphatic heterocycles. The van der Waals surface area contributed by atoms with Crippen LogP contribution in [0.25, 0.3) is 0 Å². The Bertz CT molecular complexity index is 667. The second kappa shape index (κ2) is 4.02. The van der Waals surface area contributed by atoms with E-state index in [4.69, 9.17) is 4.43 Å². The van der Waals surface area contributed by atoms with Gasteiger partial charge in [0.25, 0.3) is 0 Å². The lowest BCUT2D eigenvalue weighted by molar-refractivity contribution is 0.0453. The monoisotopic (exact) mass is 316 g/mol. The topological polar surface area (TPSA) is 51.5 Å². The fourth-order valence-corrected chi connectivity index (χ4v) is 4.98. The number of fused-ring (bicyclic) bond motifs is 5. The summed E-state index contributed by atoms with van der Waals surface area (Å²) in [5, 5.41) is 3.53. The summed E-state index contributed by atoms with van der Waals surface area (Å²) in [6, 6.07) is 8.46. The molecule has 4 rings (SSSR count). The molecule has 0 amide bonds.